The highest BCUT2D eigenvalue weighted by Gasteiger charge is 2.20. The third-order valence-corrected chi connectivity index (χ3v) is 5.96. The predicted molar refractivity (Wildman–Crippen MR) is 72.6 cm³/mol. The van der Waals surface area contributed by atoms with Crippen molar-refractivity contribution in [2.24, 2.45) is 0 Å². The van der Waals surface area contributed by atoms with Crippen LogP contribution in [0.1, 0.15) is 11.8 Å². The lowest BCUT2D eigenvalue weighted by Gasteiger charge is -2.18. The van der Waals surface area contributed by atoms with Crippen LogP contribution in [0.15, 0.2) is 15.9 Å². The molecule has 0 unspecified atom stereocenters. The quantitative estimate of drug-likeness (QED) is 0.743. The maximum atomic E-state index is 11.8. The number of alkyl halides is 1. The lowest BCUT2D eigenvalue weighted by molar-refractivity contribution is 0.427. The predicted octanol–water partition coefficient (Wildman–Crippen LogP) is 2.90. The Bertz CT molecular complexity index is 432. The highest BCUT2D eigenvalue weighted by atomic mass is 79.9. The molecule has 1 aromatic rings. The van der Waals surface area contributed by atoms with Gasteiger partial charge in [-0.3, -0.25) is 0 Å². The van der Waals surface area contributed by atoms with Gasteiger partial charge in [0, 0.05) is 23.8 Å². The van der Waals surface area contributed by atoms with Gasteiger partial charge in [-0.2, -0.15) is 4.31 Å². The van der Waals surface area contributed by atoms with E-state index in [1.165, 1.54) is 4.31 Å². The van der Waals surface area contributed by atoms with Crippen molar-refractivity contribution in [3.8, 4) is 0 Å². The van der Waals surface area contributed by atoms with Gasteiger partial charge in [-0.25, -0.2) is 8.42 Å². The summed E-state index contributed by atoms with van der Waals surface area (Å²) < 4.78 is 26.1. The molecule has 16 heavy (non-hydrogen) atoms. The zero-order chi connectivity index (χ0) is 12.2. The normalized spacial score (nSPS) is 12.2. The molecule has 7 heteroatoms. The highest BCUT2D eigenvalue weighted by molar-refractivity contribution is 9.11. The number of nitrogens with zero attached hydrogens (tertiary/aromatic N) is 1. The SMILES string of the molecule is CCN(Cc1ccc(Br)s1)S(=O)(=O)CCCl. The monoisotopic (exact) mass is 345 g/mol. The van der Waals surface area contributed by atoms with Crippen LogP contribution in [0.4, 0.5) is 0 Å². The lowest BCUT2D eigenvalue weighted by atomic mass is 10.4. The fraction of sp³-hybridized carbons (Fsp3) is 0.556. The maximum Gasteiger partial charge on any atom is 0.215 e. The third kappa shape index (κ3) is 4.00. The molecule has 92 valence electrons. The van der Waals surface area contributed by atoms with E-state index in [0.717, 1.165) is 8.66 Å². The van der Waals surface area contributed by atoms with Gasteiger partial charge in [-0.15, -0.1) is 22.9 Å². The van der Waals surface area contributed by atoms with Crippen molar-refractivity contribution < 1.29 is 8.42 Å². The Morgan fingerprint density at radius 3 is 2.62 bits per heavy atom. The van der Waals surface area contributed by atoms with Crippen molar-refractivity contribution >= 4 is 48.9 Å². The van der Waals surface area contributed by atoms with Crippen molar-refractivity contribution in [3.63, 3.8) is 0 Å². The molecule has 0 aliphatic carbocycles. The van der Waals surface area contributed by atoms with Crippen molar-refractivity contribution in [2.45, 2.75) is 13.5 Å². The van der Waals surface area contributed by atoms with Crippen molar-refractivity contribution in [2.75, 3.05) is 18.2 Å². The smallest absolute Gasteiger partial charge is 0.212 e. The van der Waals surface area contributed by atoms with Crippen LogP contribution in [0.2, 0.25) is 0 Å². The Balaban J connectivity index is 2.76. The molecule has 0 amide bonds. The highest BCUT2D eigenvalue weighted by Crippen LogP contribution is 2.24. The molecule has 0 radical (unpaired) electrons. The van der Waals surface area contributed by atoms with E-state index in [2.05, 4.69) is 15.9 Å². The molecule has 0 saturated carbocycles. The Hall–Kier alpha value is 0.380. The minimum Gasteiger partial charge on any atom is -0.212 e. The fourth-order valence-electron chi connectivity index (χ4n) is 1.24. The first-order chi connectivity index (χ1) is 7.49. The zero-order valence-corrected chi connectivity index (χ0v) is 12.8. The van der Waals surface area contributed by atoms with Gasteiger partial charge in [-0.05, 0) is 28.1 Å². The number of halogens is 2. The van der Waals surface area contributed by atoms with E-state index in [1.54, 1.807) is 11.3 Å². The van der Waals surface area contributed by atoms with Gasteiger partial charge in [0.05, 0.1) is 9.54 Å². The van der Waals surface area contributed by atoms with E-state index in [1.807, 2.05) is 19.1 Å². The molecule has 0 atom stereocenters. The van der Waals surface area contributed by atoms with E-state index in [9.17, 15) is 8.42 Å². The average Bonchev–Trinajstić information content (AvgIpc) is 2.60. The molecule has 0 aliphatic heterocycles. The van der Waals surface area contributed by atoms with Crippen molar-refractivity contribution in [1.29, 1.82) is 0 Å². The molecule has 0 saturated heterocycles. The van der Waals surface area contributed by atoms with Crippen molar-refractivity contribution in [1.82, 2.24) is 4.31 Å². The summed E-state index contributed by atoms with van der Waals surface area (Å²) in [7, 11) is -3.22. The minimum atomic E-state index is -3.22. The van der Waals surface area contributed by atoms with E-state index < -0.39 is 10.0 Å². The summed E-state index contributed by atoms with van der Waals surface area (Å²) in [6, 6.07) is 3.84. The number of thiophene rings is 1. The van der Waals surface area contributed by atoms with E-state index in [-0.39, 0.29) is 11.6 Å². The topological polar surface area (TPSA) is 37.4 Å². The van der Waals surface area contributed by atoms with Gasteiger partial charge in [0.1, 0.15) is 0 Å². The Morgan fingerprint density at radius 2 is 2.19 bits per heavy atom. The van der Waals surface area contributed by atoms with E-state index in [0.29, 0.717) is 13.1 Å². The van der Waals surface area contributed by atoms with Gasteiger partial charge in [-0.1, -0.05) is 6.92 Å². The number of sulfonamides is 1. The summed E-state index contributed by atoms with van der Waals surface area (Å²) in [5.41, 5.74) is 0. The largest absolute Gasteiger partial charge is 0.215 e. The maximum absolute atomic E-state index is 11.8. The van der Waals surface area contributed by atoms with Crippen LogP contribution in [-0.4, -0.2) is 30.9 Å². The Labute approximate surface area is 114 Å². The number of hydrogen-bond donors (Lipinski definition) is 0. The molecule has 0 fully saturated rings. The molecule has 0 N–H and O–H groups in total. The second-order valence-electron chi connectivity index (χ2n) is 3.14. The number of rotatable bonds is 6. The van der Waals surface area contributed by atoms with E-state index in [4.69, 9.17) is 11.6 Å². The van der Waals surface area contributed by atoms with Crippen LogP contribution in [0.3, 0.4) is 0 Å². The van der Waals surface area contributed by atoms with Gasteiger partial charge in [0.2, 0.25) is 10.0 Å². The molecule has 0 aliphatic rings. The summed E-state index contributed by atoms with van der Waals surface area (Å²) >= 11 is 10.4. The summed E-state index contributed by atoms with van der Waals surface area (Å²) in [4.78, 5) is 1.02. The van der Waals surface area contributed by atoms with Gasteiger partial charge in [0.25, 0.3) is 0 Å². The molecule has 1 rings (SSSR count). The molecule has 1 aromatic heterocycles. The fourth-order valence-corrected chi connectivity index (χ4v) is 4.59. The summed E-state index contributed by atoms with van der Waals surface area (Å²) in [5.74, 6) is 0.127. The number of hydrogen-bond acceptors (Lipinski definition) is 3. The molecule has 0 spiro atoms. The van der Waals surface area contributed by atoms with Crippen LogP contribution in [-0.2, 0) is 16.6 Å². The van der Waals surface area contributed by atoms with Crippen LogP contribution >= 0.6 is 38.9 Å². The Kier molecular flexibility index (Phi) is 5.73. The summed E-state index contributed by atoms with van der Waals surface area (Å²) in [6.07, 6.45) is 0. The second kappa shape index (κ2) is 6.35. The minimum absolute atomic E-state index is 0.00502. The molecular weight excluding hydrogens is 334 g/mol. The first-order valence-electron chi connectivity index (χ1n) is 4.77. The lowest BCUT2D eigenvalue weighted by Crippen LogP contribution is -2.32. The zero-order valence-electron chi connectivity index (χ0n) is 8.82. The molecular formula is C9H13BrClNO2S2. The summed E-state index contributed by atoms with van der Waals surface area (Å²) in [5, 5.41) is 0. The third-order valence-electron chi connectivity index (χ3n) is 2.04. The van der Waals surface area contributed by atoms with Crippen LogP contribution in [0.25, 0.3) is 0 Å². The van der Waals surface area contributed by atoms with E-state index >= 15 is 0 Å². The van der Waals surface area contributed by atoms with Crippen LogP contribution in [0.5, 0.6) is 0 Å². The van der Waals surface area contributed by atoms with Gasteiger partial charge in [0.15, 0.2) is 0 Å². The van der Waals surface area contributed by atoms with Crippen LogP contribution in [0, 0.1) is 0 Å². The van der Waals surface area contributed by atoms with Gasteiger partial charge < -0.3 is 0 Å². The average molecular weight is 347 g/mol. The van der Waals surface area contributed by atoms with Crippen LogP contribution < -0.4 is 0 Å². The molecule has 1 heterocycles. The standard InChI is InChI=1S/C9H13BrClNO2S2/c1-2-12(16(13,14)6-5-11)7-8-3-4-9(10)15-8/h3-4H,2,5-7H2,1H3. The second-order valence-corrected chi connectivity index (χ2v) is 8.15. The van der Waals surface area contributed by atoms with Gasteiger partial charge >= 0.3 is 0 Å². The molecule has 0 bridgehead atoms. The molecule has 0 aromatic carbocycles. The first kappa shape index (κ1) is 14.4. The van der Waals surface area contributed by atoms with Crippen molar-refractivity contribution in [3.05, 3.63) is 20.8 Å². The first-order valence-corrected chi connectivity index (χ1v) is 8.53. The molecule has 3 nitrogen and oxygen atoms in total. The Morgan fingerprint density at radius 1 is 1.50 bits per heavy atom. The summed E-state index contributed by atoms with van der Waals surface area (Å²) in [6.45, 7) is 2.72.